The average Bonchev–Trinajstić information content (AvgIpc) is 3.25. The van der Waals surface area contributed by atoms with Crippen LogP contribution in [0.4, 0.5) is 8.78 Å². The van der Waals surface area contributed by atoms with Crippen molar-refractivity contribution in [2.75, 3.05) is 0 Å². The second-order valence-corrected chi connectivity index (χ2v) is 7.51. The maximum atomic E-state index is 13.3. The Morgan fingerprint density at radius 1 is 1.12 bits per heavy atom. The van der Waals surface area contributed by atoms with E-state index in [1.165, 1.54) is 18.2 Å². The Labute approximate surface area is 184 Å². The van der Waals surface area contributed by atoms with Crippen LogP contribution in [0.25, 0.3) is 22.2 Å². The highest BCUT2D eigenvalue weighted by Crippen LogP contribution is 2.44. The first-order valence-electron chi connectivity index (χ1n) is 9.30. The third-order valence-corrected chi connectivity index (χ3v) is 5.23. The first-order valence-corrected chi connectivity index (χ1v) is 9.68. The van der Waals surface area contributed by atoms with Crippen LogP contribution in [0.15, 0.2) is 48.5 Å². The van der Waals surface area contributed by atoms with Crippen LogP contribution in [0.2, 0.25) is 5.02 Å². The molecule has 1 aliphatic heterocycles. The Hall–Kier alpha value is -3.85. The molecule has 162 valence electrons. The first-order chi connectivity index (χ1) is 15.2. The molecule has 4 aromatic rings. The topological polar surface area (TPSA) is 93.7 Å². The van der Waals surface area contributed by atoms with Crippen LogP contribution in [0.1, 0.15) is 15.9 Å². The molecule has 3 aromatic carbocycles. The molecule has 0 radical (unpaired) electrons. The van der Waals surface area contributed by atoms with Crippen molar-refractivity contribution in [3.8, 4) is 34.4 Å². The molecule has 2 heterocycles. The molecule has 0 fully saturated rings. The standard InChI is InChI=1S/C22H13ClF2N2O5/c1-10-2-4-12(7-13(10)20(28)29)30-21-26-16-8-14(15(23)9-17(16)27-21)11-3-5-18-19(6-11)32-22(24,25)31-18/h2-9H,1H3,(H,26,27)(H,28,29). The number of aromatic carboxylic acids is 1. The van der Waals surface area contributed by atoms with Gasteiger partial charge >= 0.3 is 12.3 Å². The number of hydrogen-bond donors (Lipinski definition) is 2. The zero-order chi connectivity index (χ0) is 22.6. The number of aryl methyl sites for hydroxylation is 1. The Kier molecular flexibility index (Phi) is 4.45. The van der Waals surface area contributed by atoms with Crippen molar-refractivity contribution >= 4 is 28.6 Å². The van der Waals surface area contributed by atoms with Gasteiger partial charge < -0.3 is 24.3 Å². The molecular weight excluding hydrogens is 446 g/mol. The molecule has 0 saturated heterocycles. The molecule has 0 unspecified atom stereocenters. The van der Waals surface area contributed by atoms with E-state index < -0.39 is 12.3 Å². The van der Waals surface area contributed by atoms with E-state index in [1.54, 1.807) is 37.3 Å². The van der Waals surface area contributed by atoms with Gasteiger partial charge in [0.1, 0.15) is 5.75 Å². The molecule has 0 atom stereocenters. The summed E-state index contributed by atoms with van der Waals surface area (Å²) < 4.78 is 41.2. The summed E-state index contributed by atoms with van der Waals surface area (Å²) in [7, 11) is 0. The lowest BCUT2D eigenvalue weighted by Crippen LogP contribution is -2.25. The third kappa shape index (κ3) is 3.56. The fourth-order valence-electron chi connectivity index (χ4n) is 3.40. The number of nitrogens with one attached hydrogen (secondary N) is 1. The zero-order valence-corrected chi connectivity index (χ0v) is 17.0. The van der Waals surface area contributed by atoms with Gasteiger partial charge in [0.25, 0.3) is 6.01 Å². The summed E-state index contributed by atoms with van der Waals surface area (Å²) in [4.78, 5) is 18.7. The number of nitrogens with zero attached hydrogens (tertiary/aromatic N) is 1. The van der Waals surface area contributed by atoms with Crippen molar-refractivity contribution in [2.45, 2.75) is 13.2 Å². The summed E-state index contributed by atoms with van der Waals surface area (Å²) >= 11 is 6.41. The lowest BCUT2D eigenvalue weighted by atomic mass is 10.0. The van der Waals surface area contributed by atoms with Crippen molar-refractivity contribution < 1.29 is 32.9 Å². The smallest absolute Gasteiger partial charge is 0.478 e. The van der Waals surface area contributed by atoms with Crippen LogP contribution >= 0.6 is 11.6 Å². The Balaban J connectivity index is 1.48. The second-order valence-electron chi connectivity index (χ2n) is 7.10. The summed E-state index contributed by atoms with van der Waals surface area (Å²) in [5, 5.41) is 9.62. The van der Waals surface area contributed by atoms with E-state index in [1.807, 2.05) is 0 Å². The molecule has 1 aromatic heterocycles. The SMILES string of the molecule is Cc1ccc(Oc2nc3cc(-c4ccc5c(c4)OC(F)(F)O5)c(Cl)cc3[nH]2)cc1C(=O)O. The largest absolute Gasteiger partial charge is 0.586 e. The summed E-state index contributed by atoms with van der Waals surface area (Å²) in [6.07, 6.45) is -3.71. The molecule has 2 N–H and O–H groups in total. The minimum atomic E-state index is -3.71. The fourth-order valence-corrected chi connectivity index (χ4v) is 3.67. The van der Waals surface area contributed by atoms with E-state index in [0.717, 1.165) is 0 Å². The highest BCUT2D eigenvalue weighted by molar-refractivity contribution is 6.34. The van der Waals surface area contributed by atoms with Crippen LogP contribution in [-0.2, 0) is 0 Å². The monoisotopic (exact) mass is 458 g/mol. The number of carbonyl (C=O) groups is 1. The molecule has 7 nitrogen and oxygen atoms in total. The highest BCUT2D eigenvalue weighted by Gasteiger charge is 2.43. The lowest BCUT2D eigenvalue weighted by molar-refractivity contribution is -0.286. The van der Waals surface area contributed by atoms with E-state index in [9.17, 15) is 18.7 Å². The molecule has 0 spiro atoms. The Bertz CT molecular complexity index is 1400. The fraction of sp³-hybridized carbons (Fsp3) is 0.0909. The molecule has 0 saturated carbocycles. The van der Waals surface area contributed by atoms with E-state index in [0.29, 0.717) is 38.5 Å². The lowest BCUT2D eigenvalue weighted by Gasteiger charge is -2.06. The second kappa shape index (κ2) is 7.10. The zero-order valence-electron chi connectivity index (χ0n) is 16.3. The molecule has 32 heavy (non-hydrogen) atoms. The molecule has 10 heteroatoms. The van der Waals surface area contributed by atoms with Gasteiger partial charge in [-0.05, 0) is 54.4 Å². The number of aromatic amines is 1. The number of halogens is 3. The summed E-state index contributed by atoms with van der Waals surface area (Å²) in [6, 6.07) is 12.5. The van der Waals surface area contributed by atoms with Crippen LogP contribution < -0.4 is 14.2 Å². The van der Waals surface area contributed by atoms with E-state index >= 15 is 0 Å². The minimum Gasteiger partial charge on any atom is -0.478 e. The number of imidazole rings is 1. The summed E-state index contributed by atoms with van der Waals surface area (Å²) in [5.74, 6) is -0.918. The molecule has 0 amide bonds. The highest BCUT2D eigenvalue weighted by atomic mass is 35.5. The summed E-state index contributed by atoms with van der Waals surface area (Å²) in [5.41, 5.74) is 2.89. The van der Waals surface area contributed by atoms with E-state index in [2.05, 4.69) is 19.4 Å². The number of fused-ring (bicyclic) bond motifs is 2. The molecule has 0 bridgehead atoms. The molecule has 1 aliphatic rings. The predicted molar refractivity (Wildman–Crippen MR) is 111 cm³/mol. The van der Waals surface area contributed by atoms with Crippen LogP contribution in [0.3, 0.4) is 0 Å². The summed E-state index contributed by atoms with van der Waals surface area (Å²) in [6.45, 7) is 1.69. The van der Waals surface area contributed by atoms with Gasteiger partial charge in [-0.25, -0.2) is 4.79 Å². The van der Waals surface area contributed by atoms with Crippen molar-refractivity contribution in [1.29, 1.82) is 0 Å². The number of alkyl halides is 2. The van der Waals surface area contributed by atoms with Crippen LogP contribution in [0, 0.1) is 6.92 Å². The number of hydrogen-bond acceptors (Lipinski definition) is 5. The van der Waals surface area contributed by atoms with Crippen molar-refractivity contribution in [3.63, 3.8) is 0 Å². The number of benzene rings is 3. The normalized spacial score (nSPS) is 14.0. The number of H-pyrrole nitrogens is 1. The Morgan fingerprint density at radius 3 is 2.69 bits per heavy atom. The first kappa shape index (κ1) is 20.1. The van der Waals surface area contributed by atoms with Crippen molar-refractivity contribution in [3.05, 3.63) is 64.7 Å². The number of aromatic nitrogens is 2. The van der Waals surface area contributed by atoms with E-state index in [-0.39, 0.29) is 23.1 Å². The van der Waals surface area contributed by atoms with Gasteiger partial charge in [-0.2, -0.15) is 4.98 Å². The van der Waals surface area contributed by atoms with Gasteiger partial charge in [0.2, 0.25) is 0 Å². The maximum absolute atomic E-state index is 13.3. The van der Waals surface area contributed by atoms with Gasteiger partial charge in [0.05, 0.1) is 21.6 Å². The van der Waals surface area contributed by atoms with Gasteiger partial charge in [-0.3, -0.25) is 0 Å². The number of rotatable bonds is 4. The number of ether oxygens (including phenoxy) is 3. The van der Waals surface area contributed by atoms with Gasteiger partial charge in [-0.15, -0.1) is 8.78 Å². The van der Waals surface area contributed by atoms with Crippen LogP contribution in [0.5, 0.6) is 23.3 Å². The minimum absolute atomic E-state index is 0.0646. The third-order valence-electron chi connectivity index (χ3n) is 4.92. The molecule has 0 aliphatic carbocycles. The molecule has 5 rings (SSSR count). The van der Waals surface area contributed by atoms with Crippen LogP contribution in [-0.4, -0.2) is 27.3 Å². The van der Waals surface area contributed by atoms with Crippen molar-refractivity contribution in [2.24, 2.45) is 0 Å². The van der Waals surface area contributed by atoms with Gasteiger partial charge in [-0.1, -0.05) is 23.7 Å². The predicted octanol–water partition coefficient (Wildman–Crippen LogP) is 6.00. The van der Waals surface area contributed by atoms with Gasteiger partial charge in [0.15, 0.2) is 11.5 Å². The van der Waals surface area contributed by atoms with E-state index in [4.69, 9.17) is 16.3 Å². The maximum Gasteiger partial charge on any atom is 0.586 e. The van der Waals surface area contributed by atoms with Gasteiger partial charge in [0, 0.05) is 5.56 Å². The number of carboxylic acid groups (broad SMARTS) is 1. The quantitative estimate of drug-likeness (QED) is 0.389. The average molecular weight is 459 g/mol. The number of carboxylic acids is 1. The van der Waals surface area contributed by atoms with Crippen molar-refractivity contribution in [1.82, 2.24) is 9.97 Å². The Morgan fingerprint density at radius 2 is 1.91 bits per heavy atom. The molecular formula is C22H13ClF2N2O5.